The average molecular weight is 385 g/mol. The summed E-state index contributed by atoms with van der Waals surface area (Å²) >= 11 is 0. The van der Waals surface area contributed by atoms with Crippen molar-refractivity contribution in [2.24, 2.45) is 0 Å². The zero-order valence-electron chi connectivity index (χ0n) is 15.2. The summed E-state index contributed by atoms with van der Waals surface area (Å²) in [6.07, 6.45) is 0.819. The number of hydrogen-bond donors (Lipinski definition) is 3. The van der Waals surface area contributed by atoms with Crippen LogP contribution in [0.2, 0.25) is 0 Å². The quantitative estimate of drug-likeness (QED) is 0.576. The molecule has 0 saturated carbocycles. The molecule has 0 aromatic heterocycles. The van der Waals surface area contributed by atoms with Gasteiger partial charge in [0.2, 0.25) is 15.9 Å². The molecular formula is C17H27N3O5S. The van der Waals surface area contributed by atoms with Crippen molar-refractivity contribution < 1.29 is 22.7 Å². The van der Waals surface area contributed by atoms with Gasteiger partial charge in [0.05, 0.1) is 18.1 Å². The molecule has 146 valence electrons. The molecule has 1 aromatic rings. The smallest absolute Gasteiger partial charge is 0.240 e. The van der Waals surface area contributed by atoms with Crippen molar-refractivity contribution >= 4 is 15.9 Å². The lowest BCUT2D eigenvalue weighted by molar-refractivity contribution is -0.121. The number of amides is 1. The number of benzene rings is 1. The highest BCUT2D eigenvalue weighted by molar-refractivity contribution is 7.89. The number of sulfonamides is 1. The van der Waals surface area contributed by atoms with Crippen molar-refractivity contribution in [2.75, 3.05) is 32.8 Å². The zero-order chi connectivity index (χ0) is 19.0. The normalized spacial score (nSPS) is 15.2. The lowest BCUT2D eigenvalue weighted by Crippen LogP contribution is -2.39. The summed E-state index contributed by atoms with van der Waals surface area (Å²) in [5, 5.41) is 5.95. The number of fused-ring (bicyclic) bond motifs is 1. The van der Waals surface area contributed by atoms with Gasteiger partial charge in [-0.1, -0.05) is 6.92 Å². The molecule has 1 aromatic carbocycles. The fraction of sp³-hybridized carbons (Fsp3) is 0.588. The number of likely N-dealkylation sites (N-methyl/N-ethyl adjacent to an activating group) is 1. The fourth-order valence-electron chi connectivity index (χ4n) is 2.47. The van der Waals surface area contributed by atoms with E-state index in [-0.39, 0.29) is 29.8 Å². The summed E-state index contributed by atoms with van der Waals surface area (Å²) < 4.78 is 38.2. The van der Waals surface area contributed by atoms with E-state index in [0.29, 0.717) is 31.3 Å². The number of carbonyl (C=O) groups is 1. The van der Waals surface area contributed by atoms with E-state index in [1.54, 1.807) is 6.07 Å². The first-order valence-corrected chi connectivity index (χ1v) is 10.3. The van der Waals surface area contributed by atoms with E-state index in [1.165, 1.54) is 12.1 Å². The molecule has 26 heavy (non-hydrogen) atoms. The maximum absolute atomic E-state index is 12.4. The third-order valence-corrected chi connectivity index (χ3v) is 5.29. The van der Waals surface area contributed by atoms with Crippen LogP contribution >= 0.6 is 0 Å². The van der Waals surface area contributed by atoms with Gasteiger partial charge >= 0.3 is 0 Å². The van der Waals surface area contributed by atoms with Crippen molar-refractivity contribution in [2.45, 2.75) is 37.6 Å². The molecule has 0 aliphatic carbocycles. The highest BCUT2D eigenvalue weighted by Crippen LogP contribution is 2.31. The Hall–Kier alpha value is -1.84. The van der Waals surface area contributed by atoms with Crippen LogP contribution in [0.25, 0.3) is 0 Å². The maximum atomic E-state index is 12.4. The Bertz CT molecular complexity index is 708. The summed E-state index contributed by atoms with van der Waals surface area (Å²) in [6, 6.07) is 4.67. The molecule has 0 radical (unpaired) electrons. The van der Waals surface area contributed by atoms with E-state index >= 15 is 0 Å². The van der Waals surface area contributed by atoms with Crippen LogP contribution in [0.4, 0.5) is 0 Å². The van der Waals surface area contributed by atoms with Gasteiger partial charge in [-0.2, -0.15) is 0 Å². The molecule has 1 atom stereocenters. The Balaban J connectivity index is 1.85. The lowest BCUT2D eigenvalue weighted by atomic mass is 10.3. The Morgan fingerprint density at radius 2 is 1.96 bits per heavy atom. The van der Waals surface area contributed by atoms with Crippen LogP contribution < -0.4 is 24.8 Å². The van der Waals surface area contributed by atoms with Crippen molar-refractivity contribution in [1.82, 2.24) is 15.4 Å². The third-order valence-electron chi connectivity index (χ3n) is 3.83. The summed E-state index contributed by atoms with van der Waals surface area (Å²) in [7, 11) is -3.72. The molecule has 1 amide bonds. The molecule has 9 heteroatoms. The SMILES string of the molecule is CCN[C@H](C)CNC(=O)CCNS(=O)(=O)c1ccc2c(c1)OCCCO2. The van der Waals surface area contributed by atoms with E-state index in [9.17, 15) is 13.2 Å². The van der Waals surface area contributed by atoms with Crippen LogP contribution in [-0.2, 0) is 14.8 Å². The molecule has 2 rings (SSSR count). The molecule has 1 aliphatic rings. The molecule has 0 fully saturated rings. The predicted octanol–water partition coefficient (Wildman–Crippen LogP) is 0.631. The molecule has 0 spiro atoms. The van der Waals surface area contributed by atoms with E-state index < -0.39 is 10.0 Å². The topological polar surface area (TPSA) is 106 Å². The summed E-state index contributed by atoms with van der Waals surface area (Å²) in [4.78, 5) is 11.9. The summed E-state index contributed by atoms with van der Waals surface area (Å²) in [5.74, 6) is 0.757. The third kappa shape index (κ3) is 6.15. The molecule has 1 aliphatic heterocycles. The zero-order valence-corrected chi connectivity index (χ0v) is 16.0. The maximum Gasteiger partial charge on any atom is 0.240 e. The van der Waals surface area contributed by atoms with Crippen LogP contribution in [0.15, 0.2) is 23.1 Å². The number of hydrogen-bond acceptors (Lipinski definition) is 6. The van der Waals surface area contributed by atoms with Crippen molar-refractivity contribution in [3.8, 4) is 11.5 Å². The van der Waals surface area contributed by atoms with Gasteiger partial charge in [-0.3, -0.25) is 4.79 Å². The molecule has 0 saturated heterocycles. The monoisotopic (exact) mass is 385 g/mol. The minimum atomic E-state index is -3.72. The van der Waals surface area contributed by atoms with Crippen LogP contribution in [-0.4, -0.2) is 53.2 Å². The molecule has 0 bridgehead atoms. The average Bonchev–Trinajstić information content (AvgIpc) is 2.84. The highest BCUT2D eigenvalue weighted by atomic mass is 32.2. The van der Waals surface area contributed by atoms with Gasteiger partial charge in [-0.25, -0.2) is 13.1 Å². The van der Waals surface area contributed by atoms with E-state index in [2.05, 4.69) is 15.4 Å². The van der Waals surface area contributed by atoms with Gasteiger partial charge in [0.1, 0.15) is 0 Å². The second kappa shape index (κ2) is 9.75. The number of nitrogens with one attached hydrogen (secondary N) is 3. The Kier molecular flexibility index (Phi) is 7.67. The molecule has 0 unspecified atom stereocenters. The van der Waals surface area contributed by atoms with Gasteiger partial charge in [0, 0.05) is 38.0 Å². The fourth-order valence-corrected chi connectivity index (χ4v) is 3.52. The summed E-state index contributed by atoms with van der Waals surface area (Å²) in [5.41, 5.74) is 0. The molecule has 8 nitrogen and oxygen atoms in total. The van der Waals surface area contributed by atoms with Gasteiger partial charge in [-0.05, 0) is 25.6 Å². The summed E-state index contributed by atoms with van der Waals surface area (Å²) in [6.45, 7) is 6.34. The Morgan fingerprint density at radius 3 is 2.69 bits per heavy atom. The largest absolute Gasteiger partial charge is 0.490 e. The number of rotatable bonds is 9. The van der Waals surface area contributed by atoms with Crippen LogP contribution in [0.1, 0.15) is 26.7 Å². The first-order chi connectivity index (χ1) is 12.4. The van der Waals surface area contributed by atoms with E-state index in [4.69, 9.17) is 9.47 Å². The molecular weight excluding hydrogens is 358 g/mol. The second-order valence-corrected chi connectivity index (χ2v) is 7.84. The Labute approximate surface area is 154 Å². The van der Waals surface area contributed by atoms with Crippen molar-refractivity contribution in [3.05, 3.63) is 18.2 Å². The standard InChI is InChI=1S/C17H27N3O5S/c1-3-18-13(2)12-19-17(21)7-8-20-26(22,23)14-5-6-15-16(11-14)25-10-4-9-24-15/h5-6,11,13,18,20H,3-4,7-10,12H2,1-2H3,(H,19,21)/t13-/m1/s1. The van der Waals surface area contributed by atoms with Gasteiger partial charge in [-0.15, -0.1) is 0 Å². The highest BCUT2D eigenvalue weighted by Gasteiger charge is 2.19. The first-order valence-electron chi connectivity index (χ1n) is 8.81. The van der Waals surface area contributed by atoms with Crippen LogP contribution in [0.5, 0.6) is 11.5 Å². The van der Waals surface area contributed by atoms with E-state index in [1.807, 2.05) is 13.8 Å². The lowest BCUT2D eigenvalue weighted by Gasteiger charge is -2.13. The molecule has 3 N–H and O–H groups in total. The number of ether oxygens (including phenoxy) is 2. The van der Waals surface area contributed by atoms with Gasteiger partial charge in [0.25, 0.3) is 0 Å². The van der Waals surface area contributed by atoms with Crippen molar-refractivity contribution in [1.29, 1.82) is 0 Å². The molecule has 1 heterocycles. The predicted molar refractivity (Wildman–Crippen MR) is 98.0 cm³/mol. The van der Waals surface area contributed by atoms with Gasteiger partial charge in [0.15, 0.2) is 11.5 Å². The second-order valence-electron chi connectivity index (χ2n) is 6.07. The number of carbonyl (C=O) groups excluding carboxylic acids is 1. The minimum Gasteiger partial charge on any atom is -0.490 e. The minimum absolute atomic E-state index is 0.0260. The first kappa shape index (κ1) is 20.5. The van der Waals surface area contributed by atoms with Crippen molar-refractivity contribution in [3.63, 3.8) is 0 Å². The van der Waals surface area contributed by atoms with Crippen LogP contribution in [0.3, 0.4) is 0 Å². The van der Waals surface area contributed by atoms with Crippen LogP contribution in [0, 0.1) is 0 Å². The Morgan fingerprint density at radius 1 is 1.23 bits per heavy atom. The van der Waals surface area contributed by atoms with E-state index in [0.717, 1.165) is 13.0 Å². The van der Waals surface area contributed by atoms with Gasteiger partial charge < -0.3 is 20.1 Å².